The number of thioether (sulfide) groups is 1. The fraction of sp³-hybridized carbons (Fsp3) is 1.00. The lowest BCUT2D eigenvalue weighted by molar-refractivity contribution is 0.150. The molecule has 0 aromatic rings. The van der Waals surface area contributed by atoms with Crippen LogP contribution in [0.2, 0.25) is 0 Å². The van der Waals surface area contributed by atoms with Crippen molar-refractivity contribution in [3.8, 4) is 0 Å². The molecule has 3 unspecified atom stereocenters. The Labute approximate surface area is 83.8 Å². The molecule has 0 aromatic carbocycles. The average Bonchev–Trinajstić information content (AvgIpc) is 2.68. The summed E-state index contributed by atoms with van der Waals surface area (Å²) < 4.78 is 5.38. The van der Waals surface area contributed by atoms with Crippen LogP contribution in [-0.2, 0) is 4.74 Å². The van der Waals surface area contributed by atoms with E-state index in [1.807, 2.05) is 0 Å². The maximum atomic E-state index is 5.38. The summed E-state index contributed by atoms with van der Waals surface area (Å²) in [6.45, 7) is 3.33. The third-order valence-corrected chi connectivity index (χ3v) is 4.86. The number of fused-ring (bicyclic) bond motifs is 1. The topological polar surface area (TPSA) is 21.3 Å². The number of rotatable bonds is 3. The minimum Gasteiger partial charge on any atom is -0.381 e. The van der Waals surface area contributed by atoms with Gasteiger partial charge in [-0.25, -0.2) is 0 Å². The molecule has 0 radical (unpaired) electrons. The molecular weight excluding hydrogens is 182 g/mol. The molecule has 3 heteroatoms. The van der Waals surface area contributed by atoms with Crippen LogP contribution in [0.15, 0.2) is 0 Å². The normalized spacial score (nSPS) is 48.0. The molecule has 2 heterocycles. The summed E-state index contributed by atoms with van der Waals surface area (Å²) in [6, 6.07) is 0.812. The van der Waals surface area contributed by atoms with E-state index in [1.165, 1.54) is 24.5 Å². The molecule has 74 valence electrons. The van der Waals surface area contributed by atoms with Crippen molar-refractivity contribution in [3.63, 3.8) is 0 Å². The third kappa shape index (κ3) is 1.62. The highest BCUT2D eigenvalue weighted by Gasteiger charge is 2.53. The summed E-state index contributed by atoms with van der Waals surface area (Å²) in [5, 5.41) is 3.70. The molecule has 2 aliphatic heterocycles. The molecule has 2 nitrogen and oxygen atoms in total. The summed E-state index contributed by atoms with van der Waals surface area (Å²) in [5.41, 5.74) is 0. The molecule has 1 N–H and O–H groups in total. The summed E-state index contributed by atoms with van der Waals surface area (Å²) >= 11 is 2.09. The summed E-state index contributed by atoms with van der Waals surface area (Å²) in [4.78, 5) is 0. The van der Waals surface area contributed by atoms with Crippen molar-refractivity contribution in [1.82, 2.24) is 5.32 Å². The van der Waals surface area contributed by atoms with Crippen molar-refractivity contribution >= 4 is 11.8 Å². The van der Waals surface area contributed by atoms with Crippen LogP contribution in [0, 0.1) is 17.8 Å². The van der Waals surface area contributed by atoms with E-state index in [2.05, 4.69) is 17.1 Å². The van der Waals surface area contributed by atoms with Gasteiger partial charge in [-0.15, -0.1) is 0 Å². The zero-order chi connectivity index (χ0) is 8.67. The van der Waals surface area contributed by atoms with Crippen molar-refractivity contribution in [2.24, 2.45) is 17.8 Å². The first-order chi connectivity index (χ1) is 6.45. The first-order valence-electron chi connectivity index (χ1n) is 5.34. The van der Waals surface area contributed by atoms with Gasteiger partial charge in [0.2, 0.25) is 0 Å². The Morgan fingerprint density at radius 1 is 1.31 bits per heavy atom. The van der Waals surface area contributed by atoms with Crippen LogP contribution in [0.4, 0.5) is 0 Å². The number of hydrogen-bond acceptors (Lipinski definition) is 3. The van der Waals surface area contributed by atoms with Crippen molar-refractivity contribution in [2.75, 3.05) is 31.3 Å². The van der Waals surface area contributed by atoms with E-state index in [1.54, 1.807) is 0 Å². The van der Waals surface area contributed by atoms with Gasteiger partial charge in [-0.2, -0.15) is 11.8 Å². The van der Waals surface area contributed by atoms with Gasteiger partial charge in [0.25, 0.3) is 0 Å². The zero-order valence-corrected chi connectivity index (χ0v) is 8.69. The van der Waals surface area contributed by atoms with Gasteiger partial charge in [0.05, 0.1) is 13.2 Å². The Morgan fingerprint density at radius 3 is 2.85 bits per heavy atom. The first kappa shape index (κ1) is 8.57. The van der Waals surface area contributed by atoms with Crippen molar-refractivity contribution in [3.05, 3.63) is 0 Å². The third-order valence-electron chi connectivity index (χ3n) is 3.70. The van der Waals surface area contributed by atoms with Crippen molar-refractivity contribution in [1.29, 1.82) is 0 Å². The lowest BCUT2D eigenvalue weighted by Gasteiger charge is -2.11. The molecule has 0 amide bonds. The van der Waals surface area contributed by atoms with E-state index < -0.39 is 0 Å². The highest BCUT2D eigenvalue weighted by molar-refractivity contribution is 7.99. The molecule has 0 spiro atoms. The molecule has 3 fully saturated rings. The summed E-state index contributed by atoms with van der Waals surface area (Å²) in [5.74, 6) is 5.49. The Bertz CT molecular complexity index is 183. The molecule has 2 saturated heterocycles. The highest BCUT2D eigenvalue weighted by Crippen LogP contribution is 2.50. The molecule has 13 heavy (non-hydrogen) atoms. The van der Waals surface area contributed by atoms with E-state index >= 15 is 0 Å². The second kappa shape index (κ2) is 3.44. The quantitative estimate of drug-likeness (QED) is 0.732. The highest BCUT2D eigenvalue weighted by atomic mass is 32.2. The molecule has 1 aliphatic carbocycles. The fourth-order valence-corrected chi connectivity index (χ4v) is 3.85. The predicted octanol–water partition coefficient (Wildman–Crippen LogP) is 0.974. The molecule has 3 rings (SSSR count). The maximum Gasteiger partial charge on any atom is 0.0501 e. The largest absolute Gasteiger partial charge is 0.381 e. The number of hydrogen-bond donors (Lipinski definition) is 1. The number of nitrogens with one attached hydrogen (secondary N) is 1. The van der Waals surface area contributed by atoms with Crippen LogP contribution in [0.3, 0.4) is 0 Å². The van der Waals surface area contributed by atoms with Crippen LogP contribution in [0.5, 0.6) is 0 Å². The lowest BCUT2D eigenvalue weighted by Crippen LogP contribution is -2.31. The van der Waals surface area contributed by atoms with Crippen molar-refractivity contribution in [2.45, 2.75) is 12.5 Å². The summed E-state index contributed by atoms with van der Waals surface area (Å²) in [7, 11) is 0. The van der Waals surface area contributed by atoms with E-state index in [9.17, 15) is 0 Å². The average molecular weight is 199 g/mol. The summed E-state index contributed by atoms with van der Waals surface area (Å²) in [6.07, 6.45) is 1.38. The van der Waals surface area contributed by atoms with Crippen LogP contribution >= 0.6 is 11.8 Å². The van der Waals surface area contributed by atoms with Gasteiger partial charge in [-0.1, -0.05) is 0 Å². The monoisotopic (exact) mass is 199 g/mol. The smallest absolute Gasteiger partial charge is 0.0501 e. The Morgan fingerprint density at radius 2 is 2.15 bits per heavy atom. The Balaban J connectivity index is 1.40. The Hall–Kier alpha value is 0.270. The minimum absolute atomic E-state index is 0.812. The molecular formula is C10H17NOS. The molecule has 0 bridgehead atoms. The van der Waals surface area contributed by atoms with E-state index in [0.717, 1.165) is 37.0 Å². The van der Waals surface area contributed by atoms with Crippen molar-refractivity contribution < 1.29 is 4.74 Å². The Kier molecular flexibility index (Phi) is 2.27. The lowest BCUT2D eigenvalue weighted by atomic mass is 10.2. The van der Waals surface area contributed by atoms with E-state index in [4.69, 9.17) is 4.74 Å². The SMILES string of the molecule is C1CC(NCC2C3COCC23)CS1. The van der Waals surface area contributed by atoms with Crippen LogP contribution < -0.4 is 5.32 Å². The minimum atomic E-state index is 0.812. The van der Waals surface area contributed by atoms with Gasteiger partial charge < -0.3 is 10.1 Å². The van der Waals surface area contributed by atoms with Gasteiger partial charge in [0.1, 0.15) is 0 Å². The second-order valence-electron chi connectivity index (χ2n) is 4.50. The zero-order valence-electron chi connectivity index (χ0n) is 7.87. The number of ether oxygens (including phenoxy) is 1. The van der Waals surface area contributed by atoms with Crippen LogP contribution in [-0.4, -0.2) is 37.3 Å². The maximum absolute atomic E-state index is 5.38. The van der Waals surface area contributed by atoms with Gasteiger partial charge in [-0.05, 0) is 36.5 Å². The van der Waals surface area contributed by atoms with Gasteiger partial charge in [-0.3, -0.25) is 0 Å². The van der Waals surface area contributed by atoms with E-state index in [-0.39, 0.29) is 0 Å². The fourth-order valence-electron chi connectivity index (χ4n) is 2.66. The molecule has 3 aliphatic rings. The van der Waals surface area contributed by atoms with Gasteiger partial charge in [0, 0.05) is 11.8 Å². The standard InChI is InChI=1S/C10H17NOS/c1-2-13-6-7(1)11-3-8-9-4-12-5-10(8)9/h7-11H,1-6H2. The molecule has 3 atom stereocenters. The first-order valence-corrected chi connectivity index (χ1v) is 6.49. The predicted molar refractivity (Wildman–Crippen MR) is 55.0 cm³/mol. The van der Waals surface area contributed by atoms with E-state index in [0.29, 0.717) is 0 Å². The van der Waals surface area contributed by atoms with Crippen LogP contribution in [0.1, 0.15) is 6.42 Å². The molecule has 0 aromatic heterocycles. The van der Waals surface area contributed by atoms with Gasteiger partial charge in [0.15, 0.2) is 0 Å². The second-order valence-corrected chi connectivity index (χ2v) is 5.65. The van der Waals surface area contributed by atoms with Gasteiger partial charge >= 0.3 is 0 Å². The molecule has 1 saturated carbocycles. The van der Waals surface area contributed by atoms with Crippen LogP contribution in [0.25, 0.3) is 0 Å².